The third-order valence-electron chi connectivity index (χ3n) is 4.78. The van der Waals surface area contributed by atoms with E-state index < -0.39 is 9.84 Å². The molecule has 0 N–H and O–H groups in total. The van der Waals surface area contributed by atoms with E-state index in [9.17, 15) is 13.2 Å². The number of nitrogens with zero attached hydrogens (tertiary/aromatic N) is 2. The van der Waals surface area contributed by atoms with Crippen LogP contribution in [-0.2, 0) is 27.5 Å². The molecule has 0 spiro atoms. The maximum absolute atomic E-state index is 12.4. The number of amides is 1. The molecule has 2 unspecified atom stereocenters. The zero-order chi connectivity index (χ0) is 18.9. The summed E-state index contributed by atoms with van der Waals surface area (Å²) in [5.41, 5.74) is 1.19. The molecule has 3 heterocycles. The monoisotopic (exact) mass is 420 g/mol. The van der Waals surface area contributed by atoms with Crippen molar-refractivity contribution >= 4 is 44.0 Å². The number of sulfone groups is 1. The summed E-state index contributed by atoms with van der Waals surface area (Å²) in [6.07, 6.45) is 1.09. The lowest BCUT2D eigenvalue weighted by Crippen LogP contribution is -2.39. The van der Waals surface area contributed by atoms with Crippen molar-refractivity contribution in [2.75, 3.05) is 18.1 Å². The Morgan fingerprint density at radius 3 is 2.70 bits per heavy atom. The highest BCUT2D eigenvalue weighted by Crippen LogP contribution is 2.38. The van der Waals surface area contributed by atoms with Crippen molar-refractivity contribution in [2.45, 2.75) is 24.1 Å². The number of thioether (sulfide) groups is 1. The minimum atomic E-state index is -3.02. The van der Waals surface area contributed by atoms with Gasteiger partial charge in [0.2, 0.25) is 0 Å². The van der Waals surface area contributed by atoms with Crippen molar-refractivity contribution in [1.82, 2.24) is 4.90 Å². The van der Waals surface area contributed by atoms with Crippen LogP contribution in [0.5, 0.6) is 0 Å². The number of carbonyl (C=O) groups excluding carboxylic acids is 1. The molecule has 2 saturated heterocycles. The molecule has 0 aliphatic carbocycles. The molecule has 2 aliphatic rings. The van der Waals surface area contributed by atoms with Gasteiger partial charge in [0.1, 0.15) is 0 Å². The average Bonchev–Trinajstić information content (AvgIpc) is 3.29. The number of hydrogen-bond donors (Lipinski definition) is 0. The van der Waals surface area contributed by atoms with E-state index >= 15 is 0 Å². The maximum atomic E-state index is 12.4. The van der Waals surface area contributed by atoms with Crippen LogP contribution in [0.15, 0.2) is 52.8 Å². The van der Waals surface area contributed by atoms with Crippen LogP contribution < -0.4 is 0 Å². The highest BCUT2D eigenvalue weighted by atomic mass is 32.2. The Morgan fingerprint density at radius 2 is 1.96 bits per heavy atom. The van der Waals surface area contributed by atoms with E-state index in [1.807, 2.05) is 40.6 Å². The number of carbonyl (C=O) groups is 1. The van der Waals surface area contributed by atoms with Crippen molar-refractivity contribution in [1.29, 1.82) is 0 Å². The van der Waals surface area contributed by atoms with E-state index in [1.54, 1.807) is 11.3 Å². The van der Waals surface area contributed by atoms with E-state index in [2.05, 4.69) is 17.1 Å². The summed E-state index contributed by atoms with van der Waals surface area (Å²) >= 11 is 2.99. The molecule has 0 saturated carbocycles. The molecular formula is C19H20N2O3S3. The average molecular weight is 421 g/mol. The molecule has 27 heavy (non-hydrogen) atoms. The molecule has 5 nitrogen and oxygen atoms in total. The molecule has 0 bridgehead atoms. The van der Waals surface area contributed by atoms with Crippen LogP contribution in [0.4, 0.5) is 0 Å². The van der Waals surface area contributed by atoms with E-state index in [4.69, 9.17) is 0 Å². The zero-order valence-electron chi connectivity index (χ0n) is 14.7. The molecule has 2 atom stereocenters. The number of thiophene rings is 1. The van der Waals surface area contributed by atoms with Crippen molar-refractivity contribution in [3.05, 3.63) is 58.3 Å². The second-order valence-corrected chi connectivity index (χ2v) is 11.2. The standard InChI is InChI=1S/C19H20N2O3S3/c22-18(11-15-7-4-10-25-15)20-19-21(9-8-14-5-2-1-3-6-14)16-12-27(23,24)13-17(16)26-19/h1-7,10,16-17H,8-9,11-13H2. The third kappa shape index (κ3) is 4.44. The van der Waals surface area contributed by atoms with Crippen LogP contribution in [0.25, 0.3) is 0 Å². The molecule has 2 aliphatic heterocycles. The maximum Gasteiger partial charge on any atom is 0.253 e. The molecule has 1 amide bonds. The topological polar surface area (TPSA) is 66.8 Å². The van der Waals surface area contributed by atoms with Crippen LogP contribution >= 0.6 is 23.1 Å². The van der Waals surface area contributed by atoms with E-state index in [0.29, 0.717) is 18.1 Å². The number of amidine groups is 1. The number of rotatable bonds is 5. The summed E-state index contributed by atoms with van der Waals surface area (Å²) in [7, 11) is -3.02. The Balaban J connectivity index is 1.52. The first kappa shape index (κ1) is 18.7. The van der Waals surface area contributed by atoms with Gasteiger partial charge in [-0.2, -0.15) is 4.99 Å². The first-order valence-electron chi connectivity index (χ1n) is 8.82. The van der Waals surface area contributed by atoms with Gasteiger partial charge in [0.05, 0.1) is 24.0 Å². The quantitative estimate of drug-likeness (QED) is 0.744. The Hall–Kier alpha value is -1.64. The van der Waals surface area contributed by atoms with Gasteiger partial charge in [-0.05, 0) is 23.4 Å². The first-order chi connectivity index (χ1) is 13.0. The van der Waals surface area contributed by atoms with Gasteiger partial charge in [-0.3, -0.25) is 4.79 Å². The second-order valence-electron chi connectivity index (χ2n) is 6.77. The molecule has 142 valence electrons. The van der Waals surface area contributed by atoms with Gasteiger partial charge in [-0.1, -0.05) is 48.2 Å². The minimum Gasteiger partial charge on any atom is -0.346 e. The molecule has 8 heteroatoms. The SMILES string of the molecule is O=C(Cc1cccs1)N=C1SC2CS(=O)(=O)CC2N1CCc1ccccc1. The first-order valence-corrected chi connectivity index (χ1v) is 12.4. The lowest BCUT2D eigenvalue weighted by atomic mass is 10.1. The van der Waals surface area contributed by atoms with Crippen molar-refractivity contribution < 1.29 is 13.2 Å². The van der Waals surface area contributed by atoms with Crippen molar-refractivity contribution in [2.24, 2.45) is 4.99 Å². The van der Waals surface area contributed by atoms with Crippen molar-refractivity contribution in [3.8, 4) is 0 Å². The van der Waals surface area contributed by atoms with Gasteiger partial charge in [0.15, 0.2) is 15.0 Å². The van der Waals surface area contributed by atoms with Crippen LogP contribution in [0.2, 0.25) is 0 Å². The van der Waals surface area contributed by atoms with Gasteiger partial charge in [-0.25, -0.2) is 8.42 Å². The van der Waals surface area contributed by atoms with Gasteiger partial charge < -0.3 is 4.90 Å². The molecular weight excluding hydrogens is 400 g/mol. The summed E-state index contributed by atoms with van der Waals surface area (Å²) in [6.45, 7) is 0.665. The molecule has 1 aromatic heterocycles. The van der Waals surface area contributed by atoms with Crippen molar-refractivity contribution in [3.63, 3.8) is 0 Å². The smallest absolute Gasteiger partial charge is 0.253 e. The molecule has 1 aromatic carbocycles. The summed E-state index contributed by atoms with van der Waals surface area (Å²) in [5.74, 6) is 0.146. The fourth-order valence-electron chi connectivity index (χ4n) is 3.50. The lowest BCUT2D eigenvalue weighted by Gasteiger charge is -2.24. The Labute approximate surface area is 167 Å². The predicted molar refractivity (Wildman–Crippen MR) is 111 cm³/mol. The fraction of sp³-hybridized carbons (Fsp3) is 0.368. The summed E-state index contributed by atoms with van der Waals surface area (Å²) in [5, 5.41) is 2.60. The summed E-state index contributed by atoms with van der Waals surface area (Å²) < 4.78 is 24.1. The van der Waals surface area contributed by atoms with Gasteiger partial charge >= 0.3 is 0 Å². The molecule has 2 fully saturated rings. The highest BCUT2D eigenvalue weighted by molar-refractivity contribution is 8.15. The van der Waals surface area contributed by atoms with Crippen LogP contribution in [-0.4, -0.2) is 53.7 Å². The van der Waals surface area contributed by atoms with E-state index in [0.717, 1.165) is 11.3 Å². The van der Waals surface area contributed by atoms with E-state index in [1.165, 1.54) is 17.3 Å². The number of aliphatic imine (C=N–C) groups is 1. The second kappa shape index (κ2) is 7.77. The number of benzene rings is 1. The van der Waals surface area contributed by atoms with Gasteiger partial charge in [0, 0.05) is 16.7 Å². The van der Waals surface area contributed by atoms with Gasteiger partial charge in [0.25, 0.3) is 5.91 Å². The molecule has 4 rings (SSSR count). The normalized spacial score (nSPS) is 25.0. The molecule has 2 aromatic rings. The zero-order valence-corrected chi connectivity index (χ0v) is 17.1. The van der Waals surface area contributed by atoms with Crippen LogP contribution in [0, 0.1) is 0 Å². The Morgan fingerprint density at radius 1 is 1.15 bits per heavy atom. The minimum absolute atomic E-state index is 0.0286. The molecule has 0 radical (unpaired) electrons. The Bertz CT molecular complexity index is 940. The summed E-state index contributed by atoms with van der Waals surface area (Å²) in [6, 6.07) is 13.9. The number of hydrogen-bond acceptors (Lipinski definition) is 5. The van der Waals surface area contributed by atoms with E-state index in [-0.39, 0.29) is 28.7 Å². The van der Waals surface area contributed by atoms with Crippen LogP contribution in [0.3, 0.4) is 0 Å². The third-order valence-corrected chi connectivity index (χ3v) is 8.91. The number of fused-ring (bicyclic) bond motifs is 1. The summed E-state index contributed by atoms with van der Waals surface area (Å²) in [4.78, 5) is 19.8. The largest absolute Gasteiger partial charge is 0.346 e. The van der Waals surface area contributed by atoms with Crippen LogP contribution in [0.1, 0.15) is 10.4 Å². The fourth-order valence-corrected chi connectivity index (χ4v) is 8.19. The highest BCUT2D eigenvalue weighted by Gasteiger charge is 2.48. The lowest BCUT2D eigenvalue weighted by molar-refractivity contribution is -0.117. The van der Waals surface area contributed by atoms with Gasteiger partial charge in [-0.15, -0.1) is 11.3 Å². The Kier molecular flexibility index (Phi) is 5.39. The predicted octanol–water partition coefficient (Wildman–Crippen LogP) is 2.63.